The number of likely N-dealkylation sites (tertiary alicyclic amines) is 1. The molecule has 6 amide bonds. The van der Waals surface area contributed by atoms with Crippen molar-refractivity contribution >= 4 is 41.4 Å². The van der Waals surface area contributed by atoms with Gasteiger partial charge in [-0.05, 0) is 52.4 Å². The summed E-state index contributed by atoms with van der Waals surface area (Å²) < 4.78 is 0. The van der Waals surface area contributed by atoms with E-state index in [1.165, 1.54) is 25.7 Å². The van der Waals surface area contributed by atoms with Crippen LogP contribution in [0.3, 0.4) is 0 Å². The lowest BCUT2D eigenvalue weighted by atomic mass is 10.0. The second-order valence-electron chi connectivity index (χ2n) is 11.3. The molecule has 0 spiro atoms. The van der Waals surface area contributed by atoms with Crippen LogP contribution in [0.25, 0.3) is 0 Å². The van der Waals surface area contributed by atoms with Gasteiger partial charge in [-0.2, -0.15) is 0 Å². The topological polar surface area (TPSA) is 203 Å². The van der Waals surface area contributed by atoms with Crippen molar-refractivity contribution in [3.05, 3.63) is 0 Å². The average molecular weight is 597 g/mol. The lowest BCUT2D eigenvalue weighted by molar-refractivity contribution is -0.141. The van der Waals surface area contributed by atoms with E-state index in [2.05, 4.69) is 26.6 Å². The fourth-order valence-electron chi connectivity index (χ4n) is 4.74. The van der Waals surface area contributed by atoms with Crippen molar-refractivity contribution in [2.75, 3.05) is 6.54 Å². The normalized spacial score (nSPS) is 18.2. The fourth-order valence-corrected chi connectivity index (χ4v) is 4.74. The van der Waals surface area contributed by atoms with Gasteiger partial charge in [0.1, 0.15) is 30.2 Å². The highest BCUT2D eigenvalue weighted by atomic mass is 16.4. The van der Waals surface area contributed by atoms with Gasteiger partial charge in [-0.3, -0.25) is 33.6 Å². The third-order valence-electron chi connectivity index (χ3n) is 7.02. The molecule has 14 heteroatoms. The Morgan fingerprint density at radius 2 is 1.43 bits per heavy atom. The van der Waals surface area contributed by atoms with Gasteiger partial charge in [-0.25, -0.2) is 0 Å². The number of aliphatic carboxylic acids is 1. The Morgan fingerprint density at radius 1 is 0.810 bits per heavy atom. The molecular formula is C28H48N6O8. The molecule has 1 fully saturated rings. The van der Waals surface area contributed by atoms with E-state index >= 15 is 0 Å². The molecule has 0 aromatic carbocycles. The number of hydrogen-bond acceptors (Lipinski definition) is 7. The van der Waals surface area contributed by atoms with E-state index in [1.807, 2.05) is 13.8 Å². The summed E-state index contributed by atoms with van der Waals surface area (Å²) in [4.78, 5) is 88.5. The Morgan fingerprint density at radius 3 is 1.98 bits per heavy atom. The number of rotatable bonds is 16. The molecule has 6 atom stereocenters. The summed E-state index contributed by atoms with van der Waals surface area (Å²) in [6, 6.07) is -4.90. The summed E-state index contributed by atoms with van der Waals surface area (Å²) in [5.41, 5.74) is 0. The van der Waals surface area contributed by atoms with Crippen LogP contribution in [0.4, 0.5) is 0 Å². The molecule has 1 aliphatic rings. The van der Waals surface area contributed by atoms with Crippen LogP contribution >= 0.6 is 0 Å². The maximum atomic E-state index is 13.2. The third-order valence-corrected chi connectivity index (χ3v) is 7.02. The van der Waals surface area contributed by atoms with E-state index in [0.29, 0.717) is 19.4 Å². The van der Waals surface area contributed by atoms with Crippen molar-refractivity contribution in [2.45, 2.75) is 123 Å². The van der Waals surface area contributed by atoms with E-state index in [4.69, 9.17) is 5.11 Å². The van der Waals surface area contributed by atoms with E-state index in [0.717, 1.165) is 12.8 Å². The first kappa shape index (κ1) is 36.3. The lowest BCUT2D eigenvalue weighted by Crippen LogP contribution is -2.59. The summed E-state index contributed by atoms with van der Waals surface area (Å²) in [6.45, 7) is 11.8. The number of carbonyl (C=O) groups is 7. The van der Waals surface area contributed by atoms with Gasteiger partial charge < -0.3 is 36.6 Å². The molecule has 6 N–H and O–H groups in total. The minimum atomic E-state index is -1.16. The molecule has 1 saturated heterocycles. The molecule has 14 nitrogen and oxygen atoms in total. The van der Waals surface area contributed by atoms with Crippen LogP contribution in [-0.4, -0.2) is 94.2 Å². The molecule has 0 aliphatic carbocycles. The maximum Gasteiger partial charge on any atom is 0.303 e. The van der Waals surface area contributed by atoms with E-state index in [1.54, 1.807) is 13.8 Å². The third kappa shape index (κ3) is 11.6. The number of hydrogen-bond donors (Lipinski definition) is 6. The monoisotopic (exact) mass is 596 g/mol. The minimum Gasteiger partial charge on any atom is -0.481 e. The number of amides is 6. The molecule has 0 aromatic rings. The number of carboxylic acids is 1. The quantitative estimate of drug-likeness (QED) is 0.140. The Hall–Kier alpha value is -3.71. The van der Waals surface area contributed by atoms with Gasteiger partial charge in [0.05, 0.1) is 0 Å². The number of nitrogens with one attached hydrogen (secondary N) is 5. The van der Waals surface area contributed by atoms with Crippen LogP contribution in [0.1, 0.15) is 87.0 Å². The van der Waals surface area contributed by atoms with Gasteiger partial charge in [-0.1, -0.05) is 27.2 Å². The molecule has 238 valence electrons. The van der Waals surface area contributed by atoms with Gasteiger partial charge in [-0.15, -0.1) is 0 Å². The predicted octanol–water partition coefficient (Wildman–Crippen LogP) is -0.198. The molecule has 0 saturated carbocycles. The van der Waals surface area contributed by atoms with Crippen LogP contribution < -0.4 is 26.6 Å². The number of carbonyl (C=O) groups excluding carboxylic acids is 6. The van der Waals surface area contributed by atoms with Crippen molar-refractivity contribution < 1.29 is 38.7 Å². The molecule has 0 radical (unpaired) electrons. The Kier molecular flexibility index (Phi) is 15.0. The zero-order valence-corrected chi connectivity index (χ0v) is 25.7. The van der Waals surface area contributed by atoms with Gasteiger partial charge in [0.15, 0.2) is 0 Å². The molecule has 42 heavy (non-hydrogen) atoms. The first-order chi connectivity index (χ1) is 19.6. The zero-order valence-electron chi connectivity index (χ0n) is 25.7. The van der Waals surface area contributed by atoms with Crippen molar-refractivity contribution in [2.24, 2.45) is 5.92 Å². The van der Waals surface area contributed by atoms with E-state index < -0.39 is 65.7 Å². The van der Waals surface area contributed by atoms with Crippen LogP contribution in [0.15, 0.2) is 0 Å². The van der Waals surface area contributed by atoms with Crippen molar-refractivity contribution in [3.63, 3.8) is 0 Å². The summed E-state index contributed by atoms with van der Waals surface area (Å²) >= 11 is 0. The highest BCUT2D eigenvalue weighted by molar-refractivity contribution is 5.96. The first-order valence-corrected chi connectivity index (χ1v) is 14.6. The largest absolute Gasteiger partial charge is 0.481 e. The standard InChI is InChI=1S/C28H48N6O8/c1-8-10-16(4)29-26(40)21-11-9-14-34(21)28(42)18(6)31-27(41)23(15(2)3)33-24(38)17(5)30-25(39)20(32-19(7)35)12-13-22(36)37/h15-18,20-21,23H,8-14H2,1-7H3,(H,29,40)(H,30,39)(H,31,41)(H,32,35)(H,33,38)(H,36,37)/t16-,17?,18+,20?,21?,23?/m1/s1. The number of nitrogens with zero attached hydrogens (tertiary/aromatic N) is 1. The first-order valence-electron chi connectivity index (χ1n) is 14.6. The molecular weight excluding hydrogens is 548 g/mol. The zero-order chi connectivity index (χ0) is 32.1. The average Bonchev–Trinajstić information content (AvgIpc) is 3.38. The van der Waals surface area contributed by atoms with Crippen LogP contribution in [0.2, 0.25) is 0 Å². The van der Waals surface area contributed by atoms with Gasteiger partial charge >= 0.3 is 5.97 Å². The predicted molar refractivity (Wildman–Crippen MR) is 154 cm³/mol. The van der Waals surface area contributed by atoms with Crippen LogP contribution in [-0.2, 0) is 33.6 Å². The second kappa shape index (κ2) is 17.3. The Labute approximate surface area is 247 Å². The minimum absolute atomic E-state index is 0.0132. The molecule has 0 bridgehead atoms. The van der Waals surface area contributed by atoms with E-state index in [-0.39, 0.29) is 30.7 Å². The Balaban J connectivity index is 2.82. The summed E-state index contributed by atoms with van der Waals surface area (Å²) in [5, 5.41) is 21.9. The molecule has 0 aromatic heterocycles. The van der Waals surface area contributed by atoms with Gasteiger partial charge in [0, 0.05) is 25.9 Å². The smallest absolute Gasteiger partial charge is 0.303 e. The Bertz CT molecular complexity index is 1000. The summed E-state index contributed by atoms with van der Waals surface area (Å²) in [5.74, 6) is -4.71. The SMILES string of the molecule is CCC[C@@H](C)NC(=O)C1CCCN1C(=O)[C@H](C)NC(=O)C(NC(=O)C(C)NC(=O)C(CCC(=O)O)NC(C)=O)C(C)C. The number of carboxylic acid groups (broad SMARTS) is 1. The van der Waals surface area contributed by atoms with Crippen LogP contribution in [0.5, 0.6) is 0 Å². The van der Waals surface area contributed by atoms with Crippen molar-refractivity contribution in [3.8, 4) is 0 Å². The fraction of sp³-hybridized carbons (Fsp3) is 0.750. The van der Waals surface area contributed by atoms with E-state index in [9.17, 15) is 33.6 Å². The highest BCUT2D eigenvalue weighted by Gasteiger charge is 2.37. The van der Waals surface area contributed by atoms with Crippen molar-refractivity contribution in [1.29, 1.82) is 0 Å². The lowest BCUT2D eigenvalue weighted by Gasteiger charge is -2.30. The molecule has 1 heterocycles. The molecule has 1 rings (SSSR count). The van der Waals surface area contributed by atoms with Gasteiger partial charge in [0.2, 0.25) is 35.4 Å². The maximum absolute atomic E-state index is 13.2. The molecule has 1 aliphatic heterocycles. The second-order valence-corrected chi connectivity index (χ2v) is 11.3. The van der Waals surface area contributed by atoms with Crippen LogP contribution in [0, 0.1) is 5.92 Å². The summed E-state index contributed by atoms with van der Waals surface area (Å²) in [6.07, 6.45) is 2.40. The van der Waals surface area contributed by atoms with Gasteiger partial charge in [0.25, 0.3) is 0 Å². The summed E-state index contributed by atoms with van der Waals surface area (Å²) in [7, 11) is 0. The highest BCUT2D eigenvalue weighted by Crippen LogP contribution is 2.19. The molecule has 4 unspecified atom stereocenters. The van der Waals surface area contributed by atoms with Crippen molar-refractivity contribution in [1.82, 2.24) is 31.5 Å².